The zero-order valence-corrected chi connectivity index (χ0v) is 13.0. The van der Waals surface area contributed by atoms with Gasteiger partial charge >= 0.3 is 6.18 Å². The lowest BCUT2D eigenvalue weighted by Crippen LogP contribution is -2.24. The maximum atomic E-state index is 12.8. The van der Waals surface area contributed by atoms with Gasteiger partial charge in [-0.2, -0.15) is 13.2 Å². The molecule has 4 rings (SSSR count). The van der Waals surface area contributed by atoms with Crippen LogP contribution in [0.2, 0.25) is 0 Å². The van der Waals surface area contributed by atoms with E-state index in [1.165, 1.54) is 0 Å². The van der Waals surface area contributed by atoms with Gasteiger partial charge in [0.05, 0.1) is 12.1 Å². The zero-order chi connectivity index (χ0) is 18.5. The van der Waals surface area contributed by atoms with Gasteiger partial charge in [0.1, 0.15) is 16.9 Å². The van der Waals surface area contributed by atoms with Crippen LogP contribution in [0.3, 0.4) is 0 Å². The first-order chi connectivity index (χ1) is 12.3. The number of aromatic nitrogens is 3. The van der Waals surface area contributed by atoms with E-state index in [1.54, 1.807) is 24.3 Å². The number of nitrogens with one attached hydrogen (secondary N) is 1. The van der Waals surface area contributed by atoms with Crippen molar-refractivity contribution in [3.05, 3.63) is 74.7 Å². The van der Waals surface area contributed by atoms with Gasteiger partial charge in [0.25, 0.3) is 11.1 Å². The van der Waals surface area contributed by atoms with E-state index in [1.807, 2.05) is 0 Å². The van der Waals surface area contributed by atoms with Gasteiger partial charge in [-0.3, -0.25) is 9.59 Å². The van der Waals surface area contributed by atoms with Crippen molar-refractivity contribution in [2.24, 2.45) is 0 Å². The molecule has 0 saturated carbocycles. The lowest BCUT2D eigenvalue weighted by Gasteiger charge is -2.10. The molecule has 0 aliphatic carbocycles. The molecule has 132 valence electrons. The van der Waals surface area contributed by atoms with E-state index in [2.05, 4.69) is 9.97 Å². The van der Waals surface area contributed by atoms with Crippen molar-refractivity contribution in [3.8, 4) is 0 Å². The third-order valence-corrected chi connectivity index (χ3v) is 3.91. The molecule has 0 unspecified atom stereocenters. The maximum Gasteiger partial charge on any atom is 0.417 e. The Balaban J connectivity index is 1.85. The lowest BCUT2D eigenvalue weighted by atomic mass is 10.2. The molecule has 0 bridgehead atoms. The van der Waals surface area contributed by atoms with Crippen LogP contribution in [-0.4, -0.2) is 14.5 Å². The van der Waals surface area contributed by atoms with E-state index in [4.69, 9.17) is 4.42 Å². The Morgan fingerprint density at radius 1 is 1.12 bits per heavy atom. The fourth-order valence-corrected chi connectivity index (χ4v) is 2.71. The van der Waals surface area contributed by atoms with E-state index in [9.17, 15) is 22.8 Å². The van der Waals surface area contributed by atoms with E-state index >= 15 is 0 Å². The molecule has 9 heteroatoms. The number of hydrogen-bond acceptors (Lipinski definition) is 4. The molecule has 0 spiro atoms. The van der Waals surface area contributed by atoms with Gasteiger partial charge in [-0.05, 0) is 18.2 Å². The summed E-state index contributed by atoms with van der Waals surface area (Å²) in [5.41, 5.74) is -1.40. The Labute approximate surface area is 142 Å². The minimum absolute atomic E-state index is 0.0198. The van der Waals surface area contributed by atoms with Gasteiger partial charge < -0.3 is 14.0 Å². The van der Waals surface area contributed by atoms with Crippen LogP contribution in [0.5, 0.6) is 0 Å². The van der Waals surface area contributed by atoms with E-state index in [0.29, 0.717) is 28.7 Å². The predicted octanol–water partition coefficient (Wildman–Crippen LogP) is 2.90. The van der Waals surface area contributed by atoms with Crippen molar-refractivity contribution in [3.63, 3.8) is 0 Å². The summed E-state index contributed by atoms with van der Waals surface area (Å²) < 4.78 is 44.8. The average molecular weight is 361 g/mol. The number of benzene rings is 1. The second-order valence-electron chi connectivity index (χ2n) is 5.67. The average Bonchev–Trinajstić information content (AvgIpc) is 2.95. The number of fused-ring (bicyclic) bond motifs is 3. The molecule has 1 aromatic carbocycles. The predicted molar refractivity (Wildman–Crippen MR) is 86.9 cm³/mol. The third-order valence-electron chi connectivity index (χ3n) is 3.91. The number of alkyl halides is 3. The van der Waals surface area contributed by atoms with E-state index in [0.717, 1.165) is 10.6 Å². The number of para-hydroxylation sites is 1. The van der Waals surface area contributed by atoms with Crippen molar-refractivity contribution in [1.82, 2.24) is 14.5 Å². The van der Waals surface area contributed by atoms with Gasteiger partial charge in [0.15, 0.2) is 0 Å². The normalized spacial score (nSPS) is 12.1. The molecular weight excluding hydrogens is 351 g/mol. The molecule has 3 aromatic heterocycles. The van der Waals surface area contributed by atoms with Crippen molar-refractivity contribution < 1.29 is 17.6 Å². The Bertz CT molecular complexity index is 1250. The number of nitrogens with zero attached hydrogens (tertiary/aromatic N) is 2. The van der Waals surface area contributed by atoms with Crippen molar-refractivity contribution >= 4 is 22.1 Å². The van der Waals surface area contributed by atoms with Crippen LogP contribution >= 0.6 is 0 Å². The van der Waals surface area contributed by atoms with Crippen molar-refractivity contribution in [2.75, 3.05) is 0 Å². The highest BCUT2D eigenvalue weighted by molar-refractivity contribution is 6.01. The number of H-pyrrole nitrogens is 1. The van der Waals surface area contributed by atoms with Gasteiger partial charge in [-0.1, -0.05) is 12.1 Å². The van der Waals surface area contributed by atoms with Crippen LogP contribution < -0.4 is 11.1 Å². The van der Waals surface area contributed by atoms with Gasteiger partial charge in [-0.25, -0.2) is 4.98 Å². The number of aromatic amines is 1. The molecule has 0 amide bonds. The van der Waals surface area contributed by atoms with E-state index < -0.39 is 22.9 Å². The van der Waals surface area contributed by atoms with Gasteiger partial charge in [0, 0.05) is 17.6 Å². The van der Waals surface area contributed by atoms with Crippen LogP contribution in [0.15, 0.2) is 56.6 Å². The standard InChI is InChI=1S/C17H10F3N3O3/c18-17(19,20)9-5-6-13(24)23(7-9)8-12-21-14-10-3-1-2-4-11(10)26-15(14)16(25)22-12/h1-7H,8H2,(H,21,22,25). The van der Waals surface area contributed by atoms with Crippen molar-refractivity contribution in [1.29, 1.82) is 0 Å². The maximum absolute atomic E-state index is 12.8. The Hall–Kier alpha value is -3.36. The highest BCUT2D eigenvalue weighted by Gasteiger charge is 2.31. The minimum Gasteiger partial charge on any atom is -0.449 e. The topological polar surface area (TPSA) is 80.9 Å². The highest BCUT2D eigenvalue weighted by atomic mass is 19.4. The SMILES string of the molecule is O=c1[nH]c(Cn2cc(C(F)(F)F)ccc2=O)nc2c1oc1ccccc12. The van der Waals surface area contributed by atoms with Gasteiger partial charge in [-0.15, -0.1) is 0 Å². The Morgan fingerprint density at radius 3 is 2.65 bits per heavy atom. The summed E-state index contributed by atoms with van der Waals surface area (Å²) in [5, 5.41) is 0.603. The number of halogens is 3. The van der Waals surface area contributed by atoms with Crippen LogP contribution in [0, 0.1) is 0 Å². The number of pyridine rings is 1. The molecule has 26 heavy (non-hydrogen) atoms. The molecule has 4 aromatic rings. The second kappa shape index (κ2) is 5.58. The lowest BCUT2D eigenvalue weighted by molar-refractivity contribution is -0.138. The molecule has 0 atom stereocenters. The van der Waals surface area contributed by atoms with Crippen LogP contribution in [0.4, 0.5) is 13.2 Å². The Morgan fingerprint density at radius 2 is 1.88 bits per heavy atom. The van der Waals surface area contributed by atoms with Crippen LogP contribution in [0.25, 0.3) is 22.1 Å². The molecule has 1 N–H and O–H groups in total. The van der Waals surface area contributed by atoms with Gasteiger partial charge in [0.2, 0.25) is 5.58 Å². The van der Waals surface area contributed by atoms with Crippen LogP contribution in [0.1, 0.15) is 11.4 Å². The summed E-state index contributed by atoms with van der Waals surface area (Å²) in [6.07, 6.45) is -3.89. The summed E-state index contributed by atoms with van der Waals surface area (Å²) in [6.45, 7) is -0.312. The fraction of sp³-hybridized carbons (Fsp3) is 0.118. The molecule has 0 fully saturated rings. The van der Waals surface area contributed by atoms with Crippen molar-refractivity contribution in [2.45, 2.75) is 12.7 Å². The molecular formula is C17H10F3N3O3. The number of hydrogen-bond donors (Lipinski definition) is 1. The summed E-state index contributed by atoms with van der Waals surface area (Å²) >= 11 is 0. The minimum atomic E-state index is -4.58. The van der Waals surface area contributed by atoms with Crippen LogP contribution in [-0.2, 0) is 12.7 Å². The second-order valence-corrected chi connectivity index (χ2v) is 5.67. The fourth-order valence-electron chi connectivity index (χ4n) is 2.71. The summed E-state index contributed by atoms with van der Waals surface area (Å²) in [6, 6.07) is 8.41. The first-order valence-electron chi connectivity index (χ1n) is 7.51. The quantitative estimate of drug-likeness (QED) is 0.595. The summed E-state index contributed by atoms with van der Waals surface area (Å²) in [4.78, 5) is 30.8. The number of rotatable bonds is 2. The number of furan rings is 1. The molecule has 3 heterocycles. The molecule has 0 saturated heterocycles. The molecule has 0 aliphatic rings. The molecule has 0 radical (unpaired) electrons. The smallest absolute Gasteiger partial charge is 0.417 e. The Kier molecular flexibility index (Phi) is 3.46. The summed E-state index contributed by atoms with van der Waals surface area (Å²) in [5.74, 6) is 0.0514. The van der Waals surface area contributed by atoms with E-state index in [-0.39, 0.29) is 18.0 Å². The largest absolute Gasteiger partial charge is 0.449 e. The zero-order valence-electron chi connectivity index (χ0n) is 13.0. The molecule has 0 aliphatic heterocycles. The first-order valence-corrected chi connectivity index (χ1v) is 7.51. The summed E-state index contributed by atoms with van der Waals surface area (Å²) in [7, 11) is 0. The molecule has 6 nitrogen and oxygen atoms in total. The first kappa shape index (κ1) is 16.1. The monoisotopic (exact) mass is 361 g/mol. The third kappa shape index (κ3) is 2.67. The highest BCUT2D eigenvalue weighted by Crippen LogP contribution is 2.28.